The molecule has 0 fully saturated rings. The van der Waals surface area contributed by atoms with Crippen LogP contribution in [0.4, 0.5) is 20.2 Å². The Labute approximate surface area is 151 Å². The summed E-state index contributed by atoms with van der Waals surface area (Å²) in [5.41, 5.74) is -0.405. The zero-order valence-electron chi connectivity index (χ0n) is 13.2. The van der Waals surface area contributed by atoms with Gasteiger partial charge in [-0.3, -0.25) is 4.79 Å². The summed E-state index contributed by atoms with van der Waals surface area (Å²) in [4.78, 5) is 13.3. The van der Waals surface area contributed by atoms with Gasteiger partial charge in [0.2, 0.25) is 10.0 Å². The first-order valence-corrected chi connectivity index (χ1v) is 9.14. The number of primary sulfonamides is 1. The molecule has 0 aliphatic rings. The molecule has 2 aromatic carbocycles. The van der Waals surface area contributed by atoms with Gasteiger partial charge in [0.05, 0.1) is 10.5 Å². The third kappa shape index (κ3) is 4.33. The fraction of sp³-hybridized carbons (Fsp3) is 0.133. The summed E-state index contributed by atoms with van der Waals surface area (Å²) in [5.74, 6) is -2.45. The van der Waals surface area contributed by atoms with Gasteiger partial charge in [-0.2, -0.15) is 0 Å². The summed E-state index contributed by atoms with van der Waals surface area (Å²) in [6.07, 6.45) is 0. The molecule has 0 saturated heterocycles. The maximum atomic E-state index is 14.0. The van der Waals surface area contributed by atoms with E-state index in [0.29, 0.717) is 4.47 Å². The Hall–Kier alpha value is -2.04. The Balaban J connectivity index is 2.38. The van der Waals surface area contributed by atoms with Crippen molar-refractivity contribution < 1.29 is 22.0 Å². The van der Waals surface area contributed by atoms with Gasteiger partial charge < -0.3 is 10.2 Å². The van der Waals surface area contributed by atoms with Crippen LogP contribution in [-0.4, -0.2) is 28.4 Å². The standard InChI is InChI=1S/C15H14BrF2N3O3S/c1-21(2)14-12(17)5-8(6-13(14)18)20-15(22)10-7-9(25(19,23)24)3-4-11(10)16/h3-7H,1-2H3,(H,20,22)(H2,19,23,24). The number of anilines is 2. The van der Waals surface area contributed by atoms with Crippen LogP contribution < -0.4 is 15.4 Å². The number of nitrogens with one attached hydrogen (secondary N) is 1. The zero-order chi connectivity index (χ0) is 18.9. The second-order valence-corrected chi connectivity index (χ2v) is 7.74. The lowest BCUT2D eigenvalue weighted by molar-refractivity contribution is 0.102. The Bertz CT molecular complexity index is 926. The fourth-order valence-electron chi connectivity index (χ4n) is 2.12. The van der Waals surface area contributed by atoms with Gasteiger partial charge in [-0.1, -0.05) is 0 Å². The Morgan fingerprint density at radius 2 is 1.72 bits per heavy atom. The van der Waals surface area contributed by atoms with Gasteiger partial charge in [0, 0.05) is 24.3 Å². The maximum absolute atomic E-state index is 14.0. The van der Waals surface area contributed by atoms with Crippen LogP contribution in [-0.2, 0) is 10.0 Å². The van der Waals surface area contributed by atoms with Crippen LogP contribution in [0.25, 0.3) is 0 Å². The number of rotatable bonds is 4. The predicted octanol–water partition coefficient (Wildman–Crippen LogP) is 2.69. The molecule has 25 heavy (non-hydrogen) atoms. The molecule has 2 rings (SSSR count). The normalized spacial score (nSPS) is 11.3. The molecule has 0 unspecified atom stereocenters. The molecule has 0 atom stereocenters. The molecule has 0 aliphatic heterocycles. The van der Waals surface area contributed by atoms with Gasteiger partial charge in [-0.15, -0.1) is 0 Å². The van der Waals surface area contributed by atoms with E-state index in [2.05, 4.69) is 21.2 Å². The van der Waals surface area contributed by atoms with E-state index in [9.17, 15) is 22.0 Å². The lowest BCUT2D eigenvalue weighted by Gasteiger charge is -2.16. The highest BCUT2D eigenvalue weighted by atomic mass is 79.9. The van der Waals surface area contributed by atoms with Crippen LogP contribution >= 0.6 is 15.9 Å². The first-order valence-electron chi connectivity index (χ1n) is 6.80. The average molecular weight is 434 g/mol. The lowest BCUT2D eigenvalue weighted by Crippen LogP contribution is -2.17. The van der Waals surface area contributed by atoms with E-state index in [1.54, 1.807) is 0 Å². The van der Waals surface area contributed by atoms with E-state index in [-0.39, 0.29) is 21.8 Å². The molecular weight excluding hydrogens is 420 g/mol. The number of benzene rings is 2. The second kappa shape index (κ2) is 7.06. The number of halogens is 3. The number of nitrogens with zero attached hydrogens (tertiary/aromatic N) is 1. The molecule has 0 heterocycles. The van der Waals surface area contributed by atoms with Gasteiger partial charge in [0.25, 0.3) is 5.91 Å². The third-order valence-electron chi connectivity index (χ3n) is 3.23. The van der Waals surface area contributed by atoms with Gasteiger partial charge in [-0.05, 0) is 46.3 Å². The molecule has 0 bridgehead atoms. The molecule has 134 valence electrons. The molecule has 0 aliphatic carbocycles. The van der Waals surface area contributed by atoms with Gasteiger partial charge in [0.15, 0.2) is 11.6 Å². The van der Waals surface area contributed by atoms with Crippen LogP contribution in [0.3, 0.4) is 0 Å². The van der Waals surface area contributed by atoms with Gasteiger partial charge >= 0.3 is 0 Å². The quantitative estimate of drug-likeness (QED) is 0.774. The van der Waals surface area contributed by atoms with Gasteiger partial charge in [0.1, 0.15) is 5.69 Å². The van der Waals surface area contributed by atoms with Gasteiger partial charge in [-0.25, -0.2) is 22.3 Å². The Morgan fingerprint density at radius 1 is 1.16 bits per heavy atom. The van der Waals surface area contributed by atoms with E-state index in [1.165, 1.54) is 31.1 Å². The average Bonchev–Trinajstić information content (AvgIpc) is 2.44. The second-order valence-electron chi connectivity index (χ2n) is 5.32. The van der Waals surface area contributed by atoms with Crippen LogP contribution in [0, 0.1) is 11.6 Å². The minimum absolute atomic E-state index is 0.0518. The van der Waals surface area contributed by atoms with E-state index < -0.39 is 27.6 Å². The minimum atomic E-state index is -4.00. The summed E-state index contributed by atoms with van der Waals surface area (Å²) < 4.78 is 51.0. The monoisotopic (exact) mass is 433 g/mol. The van der Waals surface area contributed by atoms with Crippen molar-refractivity contribution >= 4 is 43.2 Å². The number of sulfonamides is 1. The van der Waals surface area contributed by atoms with Crippen molar-refractivity contribution in [2.45, 2.75) is 4.90 Å². The molecule has 6 nitrogen and oxygen atoms in total. The summed E-state index contributed by atoms with van der Waals surface area (Å²) in [6, 6.07) is 5.56. The smallest absolute Gasteiger partial charge is 0.256 e. The number of hydrogen-bond donors (Lipinski definition) is 2. The van der Waals surface area contributed by atoms with E-state index >= 15 is 0 Å². The lowest BCUT2D eigenvalue weighted by atomic mass is 10.2. The van der Waals surface area contributed by atoms with Crippen molar-refractivity contribution in [2.75, 3.05) is 24.3 Å². The van der Waals surface area contributed by atoms with Crippen LogP contribution in [0.5, 0.6) is 0 Å². The van der Waals surface area contributed by atoms with Crippen LogP contribution in [0.2, 0.25) is 0 Å². The molecule has 0 saturated carbocycles. The number of carbonyl (C=O) groups excluding carboxylic acids is 1. The van der Waals surface area contributed by atoms with Crippen molar-refractivity contribution in [1.29, 1.82) is 0 Å². The molecule has 0 aromatic heterocycles. The van der Waals surface area contributed by atoms with Crippen molar-refractivity contribution in [3.8, 4) is 0 Å². The molecule has 0 spiro atoms. The third-order valence-corrected chi connectivity index (χ3v) is 4.84. The highest BCUT2D eigenvalue weighted by molar-refractivity contribution is 9.10. The fourth-order valence-corrected chi connectivity index (χ4v) is 3.09. The summed E-state index contributed by atoms with van der Waals surface area (Å²) in [6.45, 7) is 0. The Morgan fingerprint density at radius 3 is 2.20 bits per heavy atom. The molecule has 0 radical (unpaired) electrons. The largest absolute Gasteiger partial charge is 0.373 e. The molecule has 1 amide bonds. The zero-order valence-corrected chi connectivity index (χ0v) is 15.6. The summed E-state index contributed by atoms with van der Waals surface area (Å²) >= 11 is 3.12. The SMILES string of the molecule is CN(C)c1c(F)cc(NC(=O)c2cc(S(N)(=O)=O)ccc2Br)cc1F. The highest BCUT2D eigenvalue weighted by Crippen LogP contribution is 2.27. The molecule has 3 N–H and O–H groups in total. The minimum Gasteiger partial charge on any atom is -0.373 e. The summed E-state index contributed by atoms with van der Waals surface area (Å²) in [5, 5.41) is 7.36. The van der Waals surface area contributed by atoms with Crippen molar-refractivity contribution in [3.63, 3.8) is 0 Å². The van der Waals surface area contributed by atoms with Crippen molar-refractivity contribution in [2.24, 2.45) is 5.14 Å². The van der Waals surface area contributed by atoms with Crippen LogP contribution in [0.1, 0.15) is 10.4 Å². The van der Waals surface area contributed by atoms with Crippen LogP contribution in [0.15, 0.2) is 39.7 Å². The number of hydrogen-bond acceptors (Lipinski definition) is 4. The first-order chi connectivity index (χ1) is 11.5. The number of carbonyl (C=O) groups is 1. The van der Waals surface area contributed by atoms with E-state index in [1.807, 2.05) is 0 Å². The topological polar surface area (TPSA) is 92.5 Å². The number of nitrogens with two attached hydrogens (primary N) is 1. The molecular formula is C15H14BrF2N3O3S. The Kier molecular flexibility index (Phi) is 5.45. The van der Waals surface area contributed by atoms with E-state index in [0.717, 1.165) is 18.2 Å². The highest BCUT2D eigenvalue weighted by Gasteiger charge is 2.18. The first kappa shape index (κ1) is 19.3. The molecule has 10 heteroatoms. The van der Waals surface area contributed by atoms with Crippen molar-refractivity contribution in [1.82, 2.24) is 0 Å². The predicted molar refractivity (Wildman–Crippen MR) is 94.2 cm³/mol. The maximum Gasteiger partial charge on any atom is 0.256 e. The van der Waals surface area contributed by atoms with E-state index in [4.69, 9.17) is 5.14 Å². The van der Waals surface area contributed by atoms with Crippen molar-refractivity contribution in [3.05, 3.63) is 52.0 Å². The summed E-state index contributed by atoms with van der Waals surface area (Å²) in [7, 11) is -1.04. The molecule has 2 aromatic rings. The number of amides is 1.